The summed E-state index contributed by atoms with van der Waals surface area (Å²) in [7, 11) is 0. The maximum absolute atomic E-state index is 13.6. The molecule has 0 aliphatic carbocycles. The third-order valence-electron chi connectivity index (χ3n) is 5.43. The molecule has 0 radical (unpaired) electrons. The van der Waals surface area contributed by atoms with E-state index in [2.05, 4.69) is 17.2 Å². The minimum absolute atomic E-state index is 0.00346. The summed E-state index contributed by atoms with van der Waals surface area (Å²) in [5, 5.41) is 2.91. The third kappa shape index (κ3) is 3.62. The largest absolute Gasteiger partial charge is 0.366 e. The van der Waals surface area contributed by atoms with Crippen LogP contribution in [0.1, 0.15) is 17.5 Å². The molecule has 0 saturated carbocycles. The van der Waals surface area contributed by atoms with Crippen LogP contribution in [0, 0.1) is 30.5 Å². The van der Waals surface area contributed by atoms with Crippen molar-refractivity contribution < 1.29 is 18.7 Å². The van der Waals surface area contributed by atoms with Gasteiger partial charge in [0.2, 0.25) is 5.91 Å². The Morgan fingerprint density at radius 1 is 1.30 bits per heavy atom. The number of hydrogen-bond acceptors (Lipinski definition) is 3. The number of likely N-dealkylation sites (tertiary alicyclic amines) is 2. The van der Waals surface area contributed by atoms with Crippen LogP contribution in [-0.4, -0.2) is 66.7 Å². The summed E-state index contributed by atoms with van der Waals surface area (Å²) in [6.45, 7) is 4.08. The van der Waals surface area contributed by atoms with E-state index in [4.69, 9.17) is 4.74 Å². The molecule has 27 heavy (non-hydrogen) atoms. The van der Waals surface area contributed by atoms with Gasteiger partial charge in [0.15, 0.2) is 0 Å². The number of fused-ring (bicyclic) bond motifs is 1. The molecule has 0 aromatic heterocycles. The highest BCUT2D eigenvalue weighted by Gasteiger charge is 2.39. The minimum atomic E-state index is -0.255. The lowest BCUT2D eigenvalue weighted by atomic mass is 9.98. The van der Waals surface area contributed by atoms with Crippen LogP contribution >= 0.6 is 0 Å². The zero-order valence-corrected chi connectivity index (χ0v) is 15.2. The second-order valence-electron chi connectivity index (χ2n) is 7.32. The number of ether oxygens (including phenoxy) is 1. The fourth-order valence-corrected chi connectivity index (χ4v) is 3.72. The van der Waals surface area contributed by atoms with E-state index in [1.807, 2.05) is 0 Å². The molecule has 1 aromatic carbocycles. The van der Waals surface area contributed by atoms with Crippen LogP contribution in [0.4, 0.5) is 9.18 Å². The lowest BCUT2D eigenvalue weighted by Gasteiger charge is -2.45. The number of halogens is 1. The van der Waals surface area contributed by atoms with Gasteiger partial charge in [0.1, 0.15) is 12.4 Å². The van der Waals surface area contributed by atoms with Gasteiger partial charge < -0.3 is 19.9 Å². The summed E-state index contributed by atoms with van der Waals surface area (Å²) in [4.78, 5) is 27.7. The number of benzene rings is 1. The molecule has 3 aliphatic rings. The average Bonchev–Trinajstić information content (AvgIpc) is 2.62. The molecule has 6 nitrogen and oxygen atoms in total. The Labute approximate surface area is 157 Å². The predicted molar refractivity (Wildman–Crippen MR) is 96.3 cm³/mol. The van der Waals surface area contributed by atoms with Crippen LogP contribution in [0.15, 0.2) is 18.2 Å². The number of amides is 3. The number of nitrogens with one attached hydrogen (secondary N) is 1. The van der Waals surface area contributed by atoms with Crippen LogP contribution in [0.25, 0.3) is 0 Å². The van der Waals surface area contributed by atoms with Crippen LogP contribution in [-0.2, 0) is 9.53 Å². The Morgan fingerprint density at radius 2 is 2.11 bits per heavy atom. The Kier molecular flexibility index (Phi) is 4.75. The quantitative estimate of drug-likeness (QED) is 0.696. The summed E-state index contributed by atoms with van der Waals surface area (Å²) < 4.78 is 19.1. The Morgan fingerprint density at radius 3 is 2.93 bits per heavy atom. The maximum atomic E-state index is 13.6. The first kappa shape index (κ1) is 17.8. The molecule has 7 heteroatoms. The highest BCUT2D eigenvalue weighted by atomic mass is 19.1. The van der Waals surface area contributed by atoms with Gasteiger partial charge in [-0.25, -0.2) is 9.18 Å². The molecule has 1 aromatic rings. The monoisotopic (exact) mass is 371 g/mol. The van der Waals surface area contributed by atoms with Crippen LogP contribution in [0.5, 0.6) is 0 Å². The van der Waals surface area contributed by atoms with Gasteiger partial charge >= 0.3 is 6.03 Å². The summed E-state index contributed by atoms with van der Waals surface area (Å²) in [6.07, 6.45) is 0.725. The smallest absolute Gasteiger partial charge is 0.320 e. The minimum Gasteiger partial charge on any atom is -0.366 e. The molecule has 3 heterocycles. The predicted octanol–water partition coefficient (Wildman–Crippen LogP) is 1.13. The molecule has 3 saturated heterocycles. The average molecular weight is 371 g/mol. The summed E-state index contributed by atoms with van der Waals surface area (Å²) >= 11 is 0. The fraction of sp³-hybridized carbons (Fsp3) is 0.500. The Balaban J connectivity index is 1.31. The molecule has 4 rings (SSSR count). The molecule has 0 spiro atoms. The number of carbonyl (C=O) groups is 2. The SMILES string of the molecule is Cc1c(F)cccc1C#CC1CN(C(=O)N2CC[C@@H]3OCC(=O)N[C@@H]3C2)C1. The number of piperidine rings is 1. The maximum Gasteiger partial charge on any atom is 0.320 e. The van der Waals surface area contributed by atoms with Crippen LogP contribution in [0.2, 0.25) is 0 Å². The number of urea groups is 1. The van der Waals surface area contributed by atoms with Gasteiger partial charge in [0, 0.05) is 37.3 Å². The summed E-state index contributed by atoms with van der Waals surface area (Å²) in [5.74, 6) is 5.89. The van der Waals surface area contributed by atoms with E-state index in [0.29, 0.717) is 37.3 Å². The second-order valence-corrected chi connectivity index (χ2v) is 7.32. The molecule has 3 aliphatic heterocycles. The lowest BCUT2D eigenvalue weighted by molar-refractivity contribution is -0.139. The second kappa shape index (κ2) is 7.20. The topological polar surface area (TPSA) is 61.9 Å². The summed E-state index contributed by atoms with van der Waals surface area (Å²) in [6, 6.07) is 4.73. The summed E-state index contributed by atoms with van der Waals surface area (Å²) in [5.41, 5.74) is 1.24. The number of morpholine rings is 1. The lowest BCUT2D eigenvalue weighted by Crippen LogP contribution is -2.64. The first-order valence-electron chi connectivity index (χ1n) is 9.22. The van der Waals surface area contributed by atoms with Crippen molar-refractivity contribution in [3.05, 3.63) is 35.1 Å². The van der Waals surface area contributed by atoms with Crippen molar-refractivity contribution >= 4 is 11.9 Å². The molecule has 0 bridgehead atoms. The molecular weight excluding hydrogens is 349 g/mol. The molecule has 2 atom stereocenters. The number of carbonyl (C=O) groups excluding carboxylic acids is 2. The number of hydrogen-bond donors (Lipinski definition) is 1. The van der Waals surface area contributed by atoms with Crippen molar-refractivity contribution in [2.45, 2.75) is 25.5 Å². The van der Waals surface area contributed by atoms with Gasteiger partial charge in [0.25, 0.3) is 0 Å². The highest BCUT2D eigenvalue weighted by Crippen LogP contribution is 2.22. The standard InChI is InChI=1S/C20H22FN3O3/c1-13-15(3-2-4-16(13)21)6-5-14-9-24(10-14)20(26)23-8-7-18-17(11-23)22-19(25)12-27-18/h2-4,14,17-18H,7-12H2,1H3,(H,22,25)/t17-,18+/m1/s1. The van der Waals surface area contributed by atoms with Crippen molar-refractivity contribution in [2.75, 3.05) is 32.8 Å². The van der Waals surface area contributed by atoms with E-state index >= 15 is 0 Å². The third-order valence-corrected chi connectivity index (χ3v) is 5.43. The van der Waals surface area contributed by atoms with E-state index in [-0.39, 0.29) is 42.4 Å². The van der Waals surface area contributed by atoms with Gasteiger partial charge in [-0.3, -0.25) is 4.79 Å². The van der Waals surface area contributed by atoms with Gasteiger partial charge in [-0.15, -0.1) is 0 Å². The van der Waals surface area contributed by atoms with E-state index in [9.17, 15) is 14.0 Å². The Bertz CT molecular complexity index is 825. The van der Waals surface area contributed by atoms with Gasteiger partial charge in [-0.05, 0) is 25.5 Å². The molecule has 1 N–H and O–H groups in total. The van der Waals surface area contributed by atoms with Gasteiger partial charge in [-0.2, -0.15) is 0 Å². The number of nitrogens with zero attached hydrogens (tertiary/aromatic N) is 2. The van der Waals surface area contributed by atoms with Crippen molar-refractivity contribution in [2.24, 2.45) is 5.92 Å². The Hall–Kier alpha value is -2.59. The van der Waals surface area contributed by atoms with Crippen molar-refractivity contribution in [3.63, 3.8) is 0 Å². The molecule has 0 unspecified atom stereocenters. The first-order chi connectivity index (χ1) is 13.0. The van der Waals surface area contributed by atoms with E-state index < -0.39 is 0 Å². The molecule has 142 valence electrons. The van der Waals surface area contributed by atoms with Crippen LogP contribution in [0.3, 0.4) is 0 Å². The van der Waals surface area contributed by atoms with Crippen molar-refractivity contribution in [1.82, 2.24) is 15.1 Å². The molecular formula is C20H22FN3O3. The fourth-order valence-electron chi connectivity index (χ4n) is 3.72. The van der Waals surface area contributed by atoms with Crippen molar-refractivity contribution in [1.29, 1.82) is 0 Å². The first-order valence-corrected chi connectivity index (χ1v) is 9.22. The van der Waals surface area contributed by atoms with E-state index in [1.165, 1.54) is 6.07 Å². The van der Waals surface area contributed by atoms with Crippen molar-refractivity contribution in [3.8, 4) is 11.8 Å². The van der Waals surface area contributed by atoms with E-state index in [0.717, 1.165) is 6.42 Å². The van der Waals surface area contributed by atoms with Gasteiger partial charge in [0.05, 0.1) is 18.1 Å². The zero-order chi connectivity index (χ0) is 19.0. The van der Waals surface area contributed by atoms with Crippen LogP contribution < -0.4 is 5.32 Å². The number of rotatable bonds is 0. The van der Waals surface area contributed by atoms with Gasteiger partial charge in [-0.1, -0.05) is 17.9 Å². The highest BCUT2D eigenvalue weighted by molar-refractivity contribution is 5.79. The normalized spacial score (nSPS) is 25.0. The molecule has 3 amide bonds. The molecule has 3 fully saturated rings. The zero-order valence-electron chi connectivity index (χ0n) is 15.2. The van der Waals surface area contributed by atoms with E-state index in [1.54, 1.807) is 28.9 Å².